The first-order valence-corrected chi connectivity index (χ1v) is 6.70. The molecule has 20 heavy (non-hydrogen) atoms. The molecule has 0 spiro atoms. The Balaban J connectivity index is 2.51. The lowest BCUT2D eigenvalue weighted by Crippen LogP contribution is -2.47. The number of hydrogen-bond donors (Lipinski definition) is 2. The molecule has 1 heterocycles. The summed E-state index contributed by atoms with van der Waals surface area (Å²) in [6.07, 6.45) is -0.0206. The Labute approximate surface area is 118 Å². The summed E-state index contributed by atoms with van der Waals surface area (Å²) in [7, 11) is 1.24. The van der Waals surface area contributed by atoms with Crippen LogP contribution in [0.4, 0.5) is 4.79 Å². The molecule has 1 aliphatic heterocycles. The minimum Gasteiger partial charge on any atom is -0.480 e. The van der Waals surface area contributed by atoms with E-state index in [1.807, 2.05) is 0 Å². The molecule has 7 nitrogen and oxygen atoms in total. The molecule has 0 aromatic carbocycles. The first-order valence-electron chi connectivity index (χ1n) is 6.70. The lowest BCUT2D eigenvalue weighted by molar-refractivity contribution is -0.142. The van der Waals surface area contributed by atoms with Crippen molar-refractivity contribution < 1.29 is 24.2 Å². The second-order valence-electron chi connectivity index (χ2n) is 5.31. The van der Waals surface area contributed by atoms with Crippen molar-refractivity contribution in [2.75, 3.05) is 20.2 Å². The van der Waals surface area contributed by atoms with Gasteiger partial charge in [-0.05, 0) is 18.3 Å². The summed E-state index contributed by atoms with van der Waals surface area (Å²) in [6, 6.07) is -1.47. The third kappa shape index (κ3) is 4.40. The third-order valence-corrected chi connectivity index (χ3v) is 3.74. The molecule has 2 amide bonds. The molecule has 1 saturated heterocycles. The lowest BCUT2D eigenvalue weighted by atomic mass is 10.0. The molecule has 0 radical (unpaired) electrons. The van der Waals surface area contributed by atoms with Crippen molar-refractivity contribution in [1.29, 1.82) is 0 Å². The summed E-state index contributed by atoms with van der Waals surface area (Å²) >= 11 is 0. The Bertz CT molecular complexity index is 375. The Morgan fingerprint density at radius 1 is 1.30 bits per heavy atom. The van der Waals surface area contributed by atoms with E-state index in [4.69, 9.17) is 5.11 Å². The number of ether oxygens (including phenoxy) is 1. The molecule has 1 fully saturated rings. The van der Waals surface area contributed by atoms with Gasteiger partial charge in [-0.1, -0.05) is 13.8 Å². The Kier molecular flexibility index (Phi) is 5.79. The van der Waals surface area contributed by atoms with E-state index in [1.165, 1.54) is 7.11 Å². The topological polar surface area (TPSA) is 95.9 Å². The average molecular weight is 286 g/mol. The maximum absolute atomic E-state index is 12.0. The number of amides is 2. The quantitative estimate of drug-likeness (QED) is 0.725. The number of hydrogen-bond acceptors (Lipinski definition) is 4. The number of aliphatic carboxylic acids is 1. The fourth-order valence-electron chi connectivity index (χ4n) is 2.16. The Hall–Kier alpha value is -1.79. The number of methoxy groups -OCH3 is 1. The first kappa shape index (κ1) is 16.3. The van der Waals surface area contributed by atoms with E-state index >= 15 is 0 Å². The molecular weight excluding hydrogens is 264 g/mol. The van der Waals surface area contributed by atoms with Crippen molar-refractivity contribution in [1.82, 2.24) is 10.2 Å². The van der Waals surface area contributed by atoms with Gasteiger partial charge in [0.1, 0.15) is 6.04 Å². The summed E-state index contributed by atoms with van der Waals surface area (Å²) < 4.78 is 4.46. The highest BCUT2D eigenvalue weighted by atomic mass is 16.5. The molecule has 114 valence electrons. The third-order valence-electron chi connectivity index (χ3n) is 3.74. The smallest absolute Gasteiger partial charge is 0.326 e. The van der Waals surface area contributed by atoms with Crippen LogP contribution in [0.25, 0.3) is 0 Å². The van der Waals surface area contributed by atoms with Crippen molar-refractivity contribution in [2.24, 2.45) is 11.8 Å². The van der Waals surface area contributed by atoms with E-state index in [2.05, 4.69) is 23.9 Å². The van der Waals surface area contributed by atoms with Crippen molar-refractivity contribution in [3.63, 3.8) is 0 Å². The standard InChI is InChI=1S/C13H22N2O5/c1-8-6-15(7-9(8)2)13(19)14-10(12(17)18)4-5-11(16)20-3/h8-10H,4-7H2,1-3H3,(H,14,19)(H,17,18)/t8?,9?,10-/m1/s1. The van der Waals surface area contributed by atoms with Gasteiger partial charge < -0.3 is 20.1 Å². The first-order chi connectivity index (χ1) is 9.35. The van der Waals surface area contributed by atoms with E-state index in [0.29, 0.717) is 24.9 Å². The molecule has 7 heteroatoms. The number of carboxylic acid groups (broad SMARTS) is 1. The van der Waals surface area contributed by atoms with Crippen molar-refractivity contribution in [2.45, 2.75) is 32.7 Å². The van der Waals surface area contributed by atoms with Crippen LogP contribution in [0.1, 0.15) is 26.7 Å². The predicted octanol–water partition coefficient (Wildman–Crippen LogP) is 0.690. The van der Waals surface area contributed by atoms with Gasteiger partial charge in [-0.3, -0.25) is 4.79 Å². The van der Waals surface area contributed by atoms with Gasteiger partial charge in [0.25, 0.3) is 0 Å². The molecule has 1 rings (SSSR count). The van der Waals surface area contributed by atoms with E-state index in [-0.39, 0.29) is 12.8 Å². The van der Waals surface area contributed by atoms with Gasteiger partial charge in [0.05, 0.1) is 7.11 Å². The fourth-order valence-corrected chi connectivity index (χ4v) is 2.16. The van der Waals surface area contributed by atoms with Crippen LogP contribution in [0.3, 0.4) is 0 Å². The van der Waals surface area contributed by atoms with Gasteiger partial charge in [-0.15, -0.1) is 0 Å². The number of carbonyl (C=O) groups excluding carboxylic acids is 2. The molecule has 0 saturated carbocycles. The normalized spacial score (nSPS) is 23.2. The van der Waals surface area contributed by atoms with Crippen LogP contribution < -0.4 is 5.32 Å². The van der Waals surface area contributed by atoms with Crippen LogP contribution in [0, 0.1) is 11.8 Å². The molecule has 2 N–H and O–H groups in total. The average Bonchev–Trinajstić information content (AvgIpc) is 2.73. The zero-order chi connectivity index (χ0) is 15.3. The summed E-state index contributed by atoms with van der Waals surface area (Å²) in [4.78, 5) is 35.7. The van der Waals surface area contributed by atoms with Crippen LogP contribution in [0.2, 0.25) is 0 Å². The van der Waals surface area contributed by atoms with Crippen LogP contribution in [0.15, 0.2) is 0 Å². The Morgan fingerprint density at radius 2 is 1.85 bits per heavy atom. The maximum Gasteiger partial charge on any atom is 0.326 e. The summed E-state index contributed by atoms with van der Waals surface area (Å²) in [5.41, 5.74) is 0. The van der Waals surface area contributed by atoms with E-state index in [9.17, 15) is 14.4 Å². The van der Waals surface area contributed by atoms with Crippen LogP contribution >= 0.6 is 0 Å². The van der Waals surface area contributed by atoms with Gasteiger partial charge in [0.15, 0.2) is 0 Å². The lowest BCUT2D eigenvalue weighted by Gasteiger charge is -2.20. The summed E-state index contributed by atoms with van der Waals surface area (Å²) in [5.74, 6) is -0.838. The molecule has 0 aliphatic carbocycles. The molecule has 0 bridgehead atoms. The number of urea groups is 1. The Morgan fingerprint density at radius 3 is 2.30 bits per heavy atom. The van der Waals surface area contributed by atoms with Gasteiger partial charge >= 0.3 is 18.0 Å². The van der Waals surface area contributed by atoms with Crippen LogP contribution in [-0.4, -0.2) is 54.2 Å². The number of rotatable bonds is 5. The van der Waals surface area contributed by atoms with Gasteiger partial charge in [-0.25, -0.2) is 9.59 Å². The minimum absolute atomic E-state index is 0.0205. The maximum atomic E-state index is 12.0. The summed E-state index contributed by atoms with van der Waals surface area (Å²) in [5, 5.41) is 11.5. The number of nitrogens with zero attached hydrogens (tertiary/aromatic N) is 1. The van der Waals surface area contributed by atoms with Crippen LogP contribution in [-0.2, 0) is 14.3 Å². The van der Waals surface area contributed by atoms with Gasteiger partial charge in [0, 0.05) is 19.5 Å². The highest BCUT2D eigenvalue weighted by Crippen LogP contribution is 2.22. The molecule has 1 aliphatic rings. The van der Waals surface area contributed by atoms with E-state index < -0.39 is 24.0 Å². The molecule has 0 aromatic rings. The highest BCUT2D eigenvalue weighted by Gasteiger charge is 2.31. The molecule has 2 unspecified atom stereocenters. The monoisotopic (exact) mass is 286 g/mol. The highest BCUT2D eigenvalue weighted by molar-refractivity contribution is 5.83. The zero-order valence-corrected chi connectivity index (χ0v) is 12.1. The van der Waals surface area contributed by atoms with Crippen LogP contribution in [0.5, 0.6) is 0 Å². The molecule has 3 atom stereocenters. The van der Waals surface area contributed by atoms with Crippen molar-refractivity contribution in [3.05, 3.63) is 0 Å². The molecular formula is C13H22N2O5. The summed E-state index contributed by atoms with van der Waals surface area (Å²) in [6.45, 7) is 5.36. The minimum atomic E-state index is -1.15. The number of esters is 1. The number of carboxylic acids is 1. The number of nitrogens with one attached hydrogen (secondary N) is 1. The van der Waals surface area contributed by atoms with Crippen molar-refractivity contribution >= 4 is 18.0 Å². The zero-order valence-electron chi connectivity index (χ0n) is 12.1. The van der Waals surface area contributed by atoms with Gasteiger partial charge in [-0.2, -0.15) is 0 Å². The second kappa shape index (κ2) is 7.12. The van der Waals surface area contributed by atoms with Crippen molar-refractivity contribution in [3.8, 4) is 0 Å². The SMILES string of the molecule is COC(=O)CC[C@@H](NC(=O)N1CC(C)C(C)C1)C(=O)O. The van der Waals surface area contributed by atoms with E-state index in [0.717, 1.165) is 0 Å². The predicted molar refractivity (Wildman–Crippen MR) is 71.1 cm³/mol. The molecule has 0 aromatic heterocycles. The number of likely N-dealkylation sites (tertiary alicyclic amines) is 1. The largest absolute Gasteiger partial charge is 0.480 e. The fraction of sp³-hybridized carbons (Fsp3) is 0.769. The van der Waals surface area contributed by atoms with Gasteiger partial charge in [0.2, 0.25) is 0 Å². The second-order valence-corrected chi connectivity index (χ2v) is 5.31. The number of carbonyl (C=O) groups is 3. The van der Waals surface area contributed by atoms with E-state index in [1.54, 1.807) is 4.90 Å².